The zero-order valence-corrected chi connectivity index (χ0v) is 11.9. The van der Waals surface area contributed by atoms with Crippen LogP contribution in [-0.4, -0.2) is 22.5 Å². The Morgan fingerprint density at radius 1 is 1.50 bits per heavy atom. The summed E-state index contributed by atoms with van der Waals surface area (Å²) in [6, 6.07) is 7.02. The molecule has 0 radical (unpaired) electrons. The maximum absolute atomic E-state index is 11.8. The summed E-state index contributed by atoms with van der Waals surface area (Å²) in [5.41, 5.74) is 0. The van der Waals surface area contributed by atoms with Crippen LogP contribution < -0.4 is 10.1 Å². The number of amides is 1. The maximum Gasteiger partial charge on any atom is 0.224 e. The Labute approximate surface area is 122 Å². The standard InChI is InChI=1S/C14H16ClN3O2/c1-10(14-16-7-8-17-14)18-13(19)6-9-20-12-5-3-2-4-11(12)15/h2-5,7-8,10H,6,9H2,1H3,(H,16,17)(H,18,19). The molecule has 1 unspecified atom stereocenters. The lowest BCUT2D eigenvalue weighted by Crippen LogP contribution is -2.28. The van der Waals surface area contributed by atoms with E-state index in [1.807, 2.05) is 19.1 Å². The lowest BCUT2D eigenvalue weighted by molar-refractivity contribution is -0.122. The predicted octanol–water partition coefficient (Wildman–Crippen LogP) is 2.71. The van der Waals surface area contributed by atoms with Gasteiger partial charge in [-0.3, -0.25) is 4.79 Å². The van der Waals surface area contributed by atoms with E-state index in [2.05, 4.69) is 15.3 Å². The minimum atomic E-state index is -0.155. The molecule has 0 aliphatic carbocycles. The van der Waals surface area contributed by atoms with Gasteiger partial charge in [-0.15, -0.1) is 0 Å². The van der Waals surface area contributed by atoms with Gasteiger partial charge in [-0.25, -0.2) is 4.98 Å². The average molecular weight is 294 g/mol. The molecule has 106 valence electrons. The number of nitrogens with zero attached hydrogens (tertiary/aromatic N) is 1. The molecular weight excluding hydrogens is 278 g/mol. The van der Waals surface area contributed by atoms with E-state index < -0.39 is 0 Å². The second-order valence-corrected chi connectivity index (χ2v) is 4.70. The van der Waals surface area contributed by atoms with Gasteiger partial charge in [0.2, 0.25) is 5.91 Å². The third-order valence-electron chi connectivity index (χ3n) is 2.73. The summed E-state index contributed by atoms with van der Waals surface area (Å²) in [6.45, 7) is 2.14. The molecule has 1 heterocycles. The second kappa shape index (κ2) is 6.96. The Morgan fingerprint density at radius 3 is 3.00 bits per heavy atom. The van der Waals surface area contributed by atoms with Crippen molar-refractivity contribution in [2.75, 3.05) is 6.61 Å². The highest BCUT2D eigenvalue weighted by molar-refractivity contribution is 6.32. The molecule has 20 heavy (non-hydrogen) atoms. The number of nitrogens with one attached hydrogen (secondary N) is 2. The molecule has 1 amide bonds. The largest absolute Gasteiger partial charge is 0.491 e. The molecule has 1 aromatic heterocycles. The summed E-state index contributed by atoms with van der Waals surface area (Å²) >= 11 is 5.95. The van der Waals surface area contributed by atoms with Crippen molar-refractivity contribution >= 4 is 17.5 Å². The smallest absolute Gasteiger partial charge is 0.224 e. The molecule has 6 heteroatoms. The average Bonchev–Trinajstić information content (AvgIpc) is 2.95. The van der Waals surface area contributed by atoms with Gasteiger partial charge < -0.3 is 15.0 Å². The number of carbonyl (C=O) groups excluding carboxylic acids is 1. The van der Waals surface area contributed by atoms with E-state index >= 15 is 0 Å². The van der Waals surface area contributed by atoms with Crippen molar-refractivity contribution in [1.82, 2.24) is 15.3 Å². The van der Waals surface area contributed by atoms with E-state index in [4.69, 9.17) is 16.3 Å². The molecule has 2 aromatic rings. The number of imidazole rings is 1. The van der Waals surface area contributed by atoms with E-state index in [1.54, 1.807) is 24.5 Å². The van der Waals surface area contributed by atoms with Crippen molar-refractivity contribution in [2.45, 2.75) is 19.4 Å². The number of halogens is 1. The lowest BCUT2D eigenvalue weighted by atomic mass is 10.3. The normalized spacial score (nSPS) is 11.9. The Bertz CT molecular complexity index is 557. The molecule has 0 saturated carbocycles. The van der Waals surface area contributed by atoms with Crippen molar-refractivity contribution in [3.8, 4) is 5.75 Å². The number of para-hydroxylation sites is 1. The molecule has 0 saturated heterocycles. The van der Waals surface area contributed by atoms with Gasteiger partial charge in [0.25, 0.3) is 0 Å². The summed E-state index contributed by atoms with van der Waals surface area (Å²) in [4.78, 5) is 18.8. The number of aromatic nitrogens is 2. The van der Waals surface area contributed by atoms with E-state index in [0.29, 0.717) is 10.8 Å². The highest BCUT2D eigenvalue weighted by Crippen LogP contribution is 2.23. The third-order valence-corrected chi connectivity index (χ3v) is 3.04. The van der Waals surface area contributed by atoms with Crippen LogP contribution in [0, 0.1) is 0 Å². The lowest BCUT2D eigenvalue weighted by Gasteiger charge is -2.12. The fraction of sp³-hybridized carbons (Fsp3) is 0.286. The van der Waals surface area contributed by atoms with Crippen LogP contribution in [0.2, 0.25) is 5.02 Å². The van der Waals surface area contributed by atoms with Gasteiger partial charge >= 0.3 is 0 Å². The SMILES string of the molecule is CC(NC(=O)CCOc1ccccc1Cl)c1ncc[nH]1. The Balaban J connectivity index is 1.74. The predicted molar refractivity (Wildman–Crippen MR) is 76.7 cm³/mol. The van der Waals surface area contributed by atoms with Crippen LogP contribution in [0.15, 0.2) is 36.7 Å². The molecule has 0 aliphatic heterocycles. The van der Waals surface area contributed by atoms with Crippen molar-refractivity contribution in [3.05, 3.63) is 47.5 Å². The summed E-state index contributed by atoms with van der Waals surface area (Å²) in [7, 11) is 0. The van der Waals surface area contributed by atoms with Gasteiger partial charge in [0.1, 0.15) is 11.6 Å². The van der Waals surface area contributed by atoms with E-state index in [-0.39, 0.29) is 25.0 Å². The molecule has 0 aliphatic rings. The minimum absolute atomic E-state index is 0.0963. The molecule has 1 aromatic carbocycles. The zero-order chi connectivity index (χ0) is 14.4. The number of H-pyrrole nitrogens is 1. The number of ether oxygens (including phenoxy) is 1. The number of carbonyl (C=O) groups is 1. The number of aromatic amines is 1. The number of rotatable bonds is 6. The van der Waals surface area contributed by atoms with Crippen molar-refractivity contribution in [3.63, 3.8) is 0 Å². The van der Waals surface area contributed by atoms with E-state index in [0.717, 1.165) is 5.82 Å². The highest BCUT2D eigenvalue weighted by atomic mass is 35.5. The second-order valence-electron chi connectivity index (χ2n) is 4.29. The summed E-state index contributed by atoms with van der Waals surface area (Å²) in [5, 5.41) is 3.38. The molecule has 5 nitrogen and oxygen atoms in total. The third kappa shape index (κ3) is 3.99. The van der Waals surface area contributed by atoms with Crippen LogP contribution in [0.25, 0.3) is 0 Å². The van der Waals surface area contributed by atoms with Crippen molar-refractivity contribution in [1.29, 1.82) is 0 Å². The minimum Gasteiger partial charge on any atom is -0.491 e. The zero-order valence-electron chi connectivity index (χ0n) is 11.1. The first kappa shape index (κ1) is 14.4. The first-order valence-electron chi connectivity index (χ1n) is 6.33. The van der Waals surface area contributed by atoms with Gasteiger partial charge in [-0.05, 0) is 19.1 Å². The topological polar surface area (TPSA) is 67.0 Å². The first-order chi connectivity index (χ1) is 9.66. The van der Waals surface area contributed by atoms with Crippen LogP contribution >= 0.6 is 11.6 Å². The van der Waals surface area contributed by atoms with E-state index in [1.165, 1.54) is 0 Å². The van der Waals surface area contributed by atoms with E-state index in [9.17, 15) is 4.79 Å². The molecule has 0 spiro atoms. The summed E-state index contributed by atoms with van der Waals surface area (Å²) in [5.74, 6) is 1.22. The fourth-order valence-corrected chi connectivity index (χ4v) is 1.90. The van der Waals surface area contributed by atoms with Crippen LogP contribution in [0.1, 0.15) is 25.2 Å². The molecule has 2 rings (SSSR count). The summed E-state index contributed by atoms with van der Waals surface area (Å²) < 4.78 is 5.46. The van der Waals surface area contributed by atoms with Gasteiger partial charge in [-0.2, -0.15) is 0 Å². The number of benzene rings is 1. The molecular formula is C14H16ClN3O2. The van der Waals surface area contributed by atoms with Crippen LogP contribution in [0.4, 0.5) is 0 Å². The Hall–Kier alpha value is -2.01. The monoisotopic (exact) mass is 293 g/mol. The molecule has 2 N–H and O–H groups in total. The van der Waals surface area contributed by atoms with Gasteiger partial charge in [0.15, 0.2) is 0 Å². The van der Waals surface area contributed by atoms with Crippen LogP contribution in [-0.2, 0) is 4.79 Å². The van der Waals surface area contributed by atoms with Gasteiger partial charge in [-0.1, -0.05) is 23.7 Å². The first-order valence-corrected chi connectivity index (χ1v) is 6.70. The molecule has 0 fully saturated rings. The fourth-order valence-electron chi connectivity index (χ4n) is 1.71. The quantitative estimate of drug-likeness (QED) is 0.860. The molecule has 1 atom stereocenters. The Morgan fingerprint density at radius 2 is 2.30 bits per heavy atom. The number of hydrogen-bond acceptors (Lipinski definition) is 3. The maximum atomic E-state index is 11.8. The number of hydrogen-bond donors (Lipinski definition) is 2. The van der Waals surface area contributed by atoms with Crippen LogP contribution in [0.3, 0.4) is 0 Å². The van der Waals surface area contributed by atoms with Crippen molar-refractivity contribution in [2.24, 2.45) is 0 Å². The highest BCUT2D eigenvalue weighted by Gasteiger charge is 2.11. The molecule has 0 bridgehead atoms. The van der Waals surface area contributed by atoms with Crippen molar-refractivity contribution < 1.29 is 9.53 Å². The Kier molecular flexibility index (Phi) is 5.01. The summed E-state index contributed by atoms with van der Waals surface area (Å²) in [6.07, 6.45) is 3.63. The van der Waals surface area contributed by atoms with Crippen LogP contribution in [0.5, 0.6) is 5.75 Å². The van der Waals surface area contributed by atoms with Gasteiger partial charge in [0.05, 0.1) is 24.1 Å². The van der Waals surface area contributed by atoms with Gasteiger partial charge in [0, 0.05) is 12.4 Å².